The average molecular weight is 530 g/mol. The van der Waals surface area contributed by atoms with Gasteiger partial charge in [-0.15, -0.1) is 0 Å². The molecule has 0 saturated heterocycles. The van der Waals surface area contributed by atoms with E-state index in [0.29, 0.717) is 0 Å². The first kappa shape index (κ1) is 25.8. The molecular weight excluding hydrogens is 497 g/mol. The molecule has 0 aromatic heterocycles. The maximum Gasteiger partial charge on any atom is 0.0890 e. The Bertz CT molecular complexity index is 1250. The summed E-state index contributed by atoms with van der Waals surface area (Å²) in [6.45, 7) is 0. The van der Waals surface area contributed by atoms with Gasteiger partial charge in [-0.3, -0.25) is 0 Å². The highest BCUT2D eigenvalue weighted by atomic mass is 28.3. The predicted molar refractivity (Wildman–Crippen MR) is 170 cm³/mol. The molecule has 6 aromatic carbocycles. The van der Waals surface area contributed by atoms with Crippen LogP contribution < -0.4 is 0 Å². The van der Waals surface area contributed by atoms with E-state index in [0.717, 1.165) is 0 Å². The Hall–Kier alpha value is -4.46. The molecule has 1 heteroatoms. The maximum atomic E-state index is 2.34. The van der Waals surface area contributed by atoms with Crippen molar-refractivity contribution in [1.29, 1.82) is 0 Å². The Labute approximate surface area is 240 Å². The van der Waals surface area contributed by atoms with Crippen molar-refractivity contribution in [2.45, 2.75) is 16.6 Å². The Morgan fingerprint density at radius 2 is 0.375 bits per heavy atom. The van der Waals surface area contributed by atoms with Crippen molar-refractivity contribution in [3.63, 3.8) is 0 Å². The minimum atomic E-state index is -1.37. The van der Waals surface area contributed by atoms with E-state index < -0.39 is 8.80 Å². The topological polar surface area (TPSA) is 0 Å². The smallest absolute Gasteiger partial charge is 0.0622 e. The quantitative estimate of drug-likeness (QED) is 0.164. The summed E-state index contributed by atoms with van der Waals surface area (Å²) >= 11 is 0. The van der Waals surface area contributed by atoms with Crippen molar-refractivity contribution in [2.24, 2.45) is 0 Å². The summed E-state index contributed by atoms with van der Waals surface area (Å²) in [7, 11) is -1.37. The summed E-state index contributed by atoms with van der Waals surface area (Å²) < 4.78 is 0. The summed E-state index contributed by atoms with van der Waals surface area (Å²) in [5, 5.41) is 0. The second kappa shape index (κ2) is 12.6. The Balaban J connectivity index is 1.69. The summed E-state index contributed by atoms with van der Waals surface area (Å²) in [5.41, 5.74) is 9.07. The van der Waals surface area contributed by atoms with E-state index in [1.54, 1.807) is 0 Å². The monoisotopic (exact) mass is 529 g/mol. The first-order valence-electron chi connectivity index (χ1n) is 14.1. The van der Waals surface area contributed by atoms with Crippen LogP contribution in [0.1, 0.15) is 50.0 Å². The van der Waals surface area contributed by atoms with Gasteiger partial charge in [0.05, 0.1) is 8.80 Å². The lowest BCUT2D eigenvalue weighted by atomic mass is 10.0. The lowest BCUT2D eigenvalue weighted by Crippen LogP contribution is -2.40. The minimum Gasteiger partial charge on any atom is -0.0622 e. The first-order valence-corrected chi connectivity index (χ1v) is 15.8. The van der Waals surface area contributed by atoms with Gasteiger partial charge < -0.3 is 0 Å². The van der Waals surface area contributed by atoms with Gasteiger partial charge >= 0.3 is 0 Å². The highest BCUT2D eigenvalue weighted by molar-refractivity contribution is 6.66. The molecule has 0 heterocycles. The third-order valence-corrected chi connectivity index (χ3v) is 11.8. The van der Waals surface area contributed by atoms with Crippen LogP contribution in [-0.2, 0) is 0 Å². The number of rotatable bonds is 9. The van der Waals surface area contributed by atoms with E-state index >= 15 is 0 Å². The van der Waals surface area contributed by atoms with Crippen molar-refractivity contribution in [3.05, 3.63) is 215 Å². The summed E-state index contributed by atoms with van der Waals surface area (Å²) in [4.78, 5) is 0. The van der Waals surface area contributed by atoms with E-state index in [1.807, 2.05) is 0 Å². The molecule has 6 aromatic rings. The highest BCUT2D eigenvalue weighted by Crippen LogP contribution is 2.46. The van der Waals surface area contributed by atoms with Crippen molar-refractivity contribution >= 4 is 8.80 Å². The van der Waals surface area contributed by atoms with Crippen molar-refractivity contribution in [2.75, 3.05) is 0 Å². The normalized spacial score (nSPS) is 11.4. The van der Waals surface area contributed by atoms with E-state index in [4.69, 9.17) is 0 Å². The summed E-state index contributed by atoms with van der Waals surface area (Å²) in [5.74, 6) is 0. The molecule has 40 heavy (non-hydrogen) atoms. The number of benzene rings is 6. The van der Waals surface area contributed by atoms with Crippen LogP contribution in [0.15, 0.2) is 182 Å². The largest absolute Gasteiger partial charge is 0.0890 e. The van der Waals surface area contributed by atoms with Crippen LogP contribution >= 0.6 is 0 Å². The number of hydrogen-bond donors (Lipinski definition) is 0. The van der Waals surface area contributed by atoms with E-state index in [1.165, 1.54) is 33.4 Å². The Morgan fingerprint density at radius 1 is 0.225 bits per heavy atom. The van der Waals surface area contributed by atoms with Gasteiger partial charge in [0.15, 0.2) is 0 Å². The standard InChI is InChI=1S/C39H33Si/c1-7-19-31(20-8-1)37(32-21-9-2-10-22-32)40(38(33-23-11-3-12-24-33)34-25-13-4-14-26-34)39(35-27-15-5-16-28-35)36-29-17-6-18-30-36/h1-30,37-39H. The maximum absolute atomic E-state index is 2.34. The third-order valence-electron chi connectivity index (χ3n) is 7.80. The molecule has 193 valence electrons. The van der Waals surface area contributed by atoms with Crippen molar-refractivity contribution < 1.29 is 0 Å². The molecule has 0 saturated carbocycles. The zero-order valence-electron chi connectivity index (χ0n) is 22.6. The molecule has 0 atom stereocenters. The van der Waals surface area contributed by atoms with Crippen LogP contribution in [-0.4, -0.2) is 8.80 Å². The molecule has 1 radical (unpaired) electrons. The third kappa shape index (κ3) is 5.61. The van der Waals surface area contributed by atoms with Gasteiger partial charge in [0.25, 0.3) is 0 Å². The lowest BCUT2D eigenvalue weighted by Gasteiger charge is -2.40. The summed E-state index contributed by atoms with van der Waals surface area (Å²) in [6, 6.07) is 67.2. The van der Waals surface area contributed by atoms with Crippen LogP contribution in [0, 0.1) is 0 Å². The zero-order chi connectivity index (χ0) is 27.0. The van der Waals surface area contributed by atoms with Gasteiger partial charge in [-0.25, -0.2) is 0 Å². The SMILES string of the molecule is c1ccc(C(c2ccccc2)[Si](C(c2ccccc2)c2ccccc2)C(c2ccccc2)c2ccccc2)cc1. The van der Waals surface area contributed by atoms with E-state index in [9.17, 15) is 0 Å². The number of hydrogen-bond acceptors (Lipinski definition) is 0. The second-order valence-corrected chi connectivity index (χ2v) is 13.0. The Kier molecular flexibility index (Phi) is 8.12. The van der Waals surface area contributed by atoms with Gasteiger partial charge in [-0.1, -0.05) is 182 Å². The first-order chi connectivity index (χ1) is 19.9. The van der Waals surface area contributed by atoms with Crippen molar-refractivity contribution in [3.8, 4) is 0 Å². The molecule has 0 aliphatic carbocycles. The molecule has 0 aliphatic rings. The van der Waals surface area contributed by atoms with Crippen LogP contribution in [0.3, 0.4) is 0 Å². The van der Waals surface area contributed by atoms with Gasteiger partial charge in [0.1, 0.15) is 0 Å². The minimum absolute atomic E-state index is 0.253. The van der Waals surface area contributed by atoms with E-state index in [2.05, 4.69) is 182 Å². The fraction of sp³-hybridized carbons (Fsp3) is 0.0769. The van der Waals surface area contributed by atoms with Crippen LogP contribution in [0.5, 0.6) is 0 Å². The molecule has 6 rings (SSSR count). The highest BCUT2D eigenvalue weighted by Gasteiger charge is 2.42. The molecule has 0 amide bonds. The van der Waals surface area contributed by atoms with Gasteiger partial charge in [-0.2, -0.15) is 0 Å². The molecular formula is C39H33Si. The molecule has 0 aliphatic heterocycles. The molecule has 0 N–H and O–H groups in total. The Morgan fingerprint density at radius 3 is 0.525 bits per heavy atom. The van der Waals surface area contributed by atoms with Crippen LogP contribution in [0.25, 0.3) is 0 Å². The second-order valence-electron chi connectivity index (χ2n) is 10.3. The molecule has 0 fully saturated rings. The fourth-order valence-corrected chi connectivity index (χ4v) is 10.6. The van der Waals surface area contributed by atoms with Crippen molar-refractivity contribution in [1.82, 2.24) is 0 Å². The van der Waals surface area contributed by atoms with Crippen LogP contribution in [0.4, 0.5) is 0 Å². The van der Waals surface area contributed by atoms with Crippen LogP contribution in [0.2, 0.25) is 0 Å². The zero-order valence-corrected chi connectivity index (χ0v) is 23.6. The summed E-state index contributed by atoms with van der Waals surface area (Å²) in [6.07, 6.45) is 0. The van der Waals surface area contributed by atoms with Gasteiger partial charge in [0, 0.05) is 16.6 Å². The predicted octanol–water partition coefficient (Wildman–Crippen LogP) is 9.60. The average Bonchev–Trinajstić information content (AvgIpc) is 3.04. The lowest BCUT2D eigenvalue weighted by molar-refractivity contribution is 0.929. The van der Waals surface area contributed by atoms with E-state index in [-0.39, 0.29) is 16.6 Å². The van der Waals surface area contributed by atoms with Gasteiger partial charge in [-0.05, 0) is 33.4 Å². The van der Waals surface area contributed by atoms with Gasteiger partial charge in [0.2, 0.25) is 0 Å². The molecule has 0 nitrogen and oxygen atoms in total. The molecule has 0 spiro atoms. The fourth-order valence-electron chi connectivity index (χ4n) is 6.10. The molecule has 0 unspecified atom stereocenters. The molecule has 0 bridgehead atoms.